The number of urea groups is 1. The summed E-state index contributed by atoms with van der Waals surface area (Å²) < 4.78 is 4.83. The first kappa shape index (κ1) is 16.2. The molecule has 0 heterocycles. The van der Waals surface area contributed by atoms with Crippen LogP contribution in [0.4, 0.5) is 4.79 Å². The number of amides is 3. The van der Waals surface area contributed by atoms with E-state index in [2.05, 4.69) is 10.6 Å². The number of hydrogen-bond acceptors (Lipinski definition) is 4. The molecule has 0 bridgehead atoms. The molecule has 0 aliphatic heterocycles. The Labute approximate surface area is 105 Å². The van der Waals surface area contributed by atoms with Crippen molar-refractivity contribution in [1.29, 1.82) is 0 Å². The minimum Gasteiger partial charge on any atom is -0.480 e. The van der Waals surface area contributed by atoms with E-state index in [0.717, 1.165) is 12.8 Å². The number of carbonyl (C=O) groups excluding carboxylic acids is 2. The number of nitrogens with two attached hydrogens (primary N) is 1. The van der Waals surface area contributed by atoms with E-state index in [4.69, 9.17) is 15.6 Å². The van der Waals surface area contributed by atoms with Crippen LogP contribution < -0.4 is 16.4 Å². The van der Waals surface area contributed by atoms with Crippen LogP contribution in [0.3, 0.4) is 0 Å². The van der Waals surface area contributed by atoms with Crippen LogP contribution in [0.2, 0.25) is 0 Å². The highest BCUT2D eigenvalue weighted by molar-refractivity contribution is 5.87. The highest BCUT2D eigenvalue weighted by atomic mass is 16.5. The molecule has 104 valence electrons. The van der Waals surface area contributed by atoms with E-state index in [1.165, 1.54) is 0 Å². The molecule has 0 aromatic heterocycles. The van der Waals surface area contributed by atoms with Gasteiger partial charge in [-0.3, -0.25) is 4.79 Å². The highest BCUT2D eigenvalue weighted by Crippen LogP contribution is 1.92. The second-order valence-corrected chi connectivity index (χ2v) is 3.66. The van der Waals surface area contributed by atoms with Gasteiger partial charge in [0.25, 0.3) is 0 Å². The summed E-state index contributed by atoms with van der Waals surface area (Å²) in [6, 6.07) is -1.94. The molecule has 0 aliphatic carbocycles. The minimum absolute atomic E-state index is 0.401. The number of carboxylic acids is 1. The summed E-state index contributed by atoms with van der Waals surface area (Å²) in [6.07, 6.45) is 1.07. The van der Waals surface area contributed by atoms with Gasteiger partial charge in [-0.1, -0.05) is 0 Å². The fourth-order valence-electron chi connectivity index (χ4n) is 1.18. The second kappa shape index (κ2) is 9.23. The molecule has 0 radical (unpaired) electrons. The molecule has 0 aromatic rings. The predicted octanol–water partition coefficient (Wildman–Crippen LogP) is -0.959. The van der Waals surface area contributed by atoms with Crippen molar-refractivity contribution >= 4 is 17.9 Å². The number of methoxy groups -OCH3 is 1. The number of carbonyl (C=O) groups is 3. The average molecular weight is 261 g/mol. The second-order valence-electron chi connectivity index (χ2n) is 3.66. The molecule has 0 spiro atoms. The highest BCUT2D eigenvalue weighted by Gasteiger charge is 2.21. The summed E-state index contributed by atoms with van der Waals surface area (Å²) in [7, 11) is 1.58. The van der Waals surface area contributed by atoms with E-state index < -0.39 is 30.4 Å². The number of rotatable bonds is 9. The number of hydrogen-bond donors (Lipinski definition) is 4. The first-order valence-electron chi connectivity index (χ1n) is 5.51. The first-order valence-corrected chi connectivity index (χ1v) is 5.51. The zero-order valence-corrected chi connectivity index (χ0v) is 10.3. The first-order chi connectivity index (χ1) is 8.47. The summed E-state index contributed by atoms with van der Waals surface area (Å²) in [5.41, 5.74) is 4.87. The van der Waals surface area contributed by atoms with E-state index in [0.29, 0.717) is 13.2 Å². The predicted molar refractivity (Wildman–Crippen MR) is 62.9 cm³/mol. The van der Waals surface area contributed by atoms with Crippen LogP contribution in [-0.4, -0.2) is 49.3 Å². The average Bonchev–Trinajstić information content (AvgIpc) is 2.27. The topological polar surface area (TPSA) is 131 Å². The number of unbranched alkanes of at least 4 members (excludes halogenated alkanes) is 1. The van der Waals surface area contributed by atoms with Crippen LogP contribution in [0.1, 0.15) is 19.3 Å². The van der Waals surface area contributed by atoms with Gasteiger partial charge in [-0.15, -0.1) is 0 Å². The molecule has 0 saturated heterocycles. The van der Waals surface area contributed by atoms with Crippen LogP contribution in [0, 0.1) is 0 Å². The third-order valence-corrected chi connectivity index (χ3v) is 2.07. The van der Waals surface area contributed by atoms with Crippen molar-refractivity contribution in [3.63, 3.8) is 0 Å². The summed E-state index contributed by atoms with van der Waals surface area (Å²) in [4.78, 5) is 32.6. The minimum atomic E-state index is -1.30. The molecule has 0 aromatic carbocycles. The van der Waals surface area contributed by atoms with E-state index in [9.17, 15) is 14.4 Å². The number of primary amides is 1. The molecule has 0 aliphatic rings. The molecule has 3 amide bonds. The van der Waals surface area contributed by atoms with Gasteiger partial charge in [-0.25, -0.2) is 9.59 Å². The van der Waals surface area contributed by atoms with Crippen molar-refractivity contribution < 1.29 is 24.2 Å². The van der Waals surface area contributed by atoms with Gasteiger partial charge in [0.05, 0.1) is 6.42 Å². The number of nitrogens with one attached hydrogen (secondary N) is 2. The number of carboxylic acid groups (broad SMARTS) is 1. The standard InChI is InChI=1S/C10H19N3O5/c1-18-5-3-2-4-12-10(17)13-7(9(15)16)6-8(11)14/h7H,2-6H2,1H3,(H2,11,14)(H,15,16)(H2,12,13,17)/t7-/m0/s1. The molecule has 0 unspecified atom stereocenters. The van der Waals surface area contributed by atoms with Crippen molar-refractivity contribution in [3.05, 3.63) is 0 Å². The largest absolute Gasteiger partial charge is 0.480 e. The van der Waals surface area contributed by atoms with Crippen molar-refractivity contribution in [2.45, 2.75) is 25.3 Å². The molecule has 8 heteroatoms. The van der Waals surface area contributed by atoms with Crippen LogP contribution in [0.5, 0.6) is 0 Å². The smallest absolute Gasteiger partial charge is 0.326 e. The van der Waals surface area contributed by atoms with Gasteiger partial charge in [0, 0.05) is 20.3 Å². The molecule has 0 rings (SSSR count). The third-order valence-electron chi connectivity index (χ3n) is 2.07. The maximum absolute atomic E-state index is 11.3. The Kier molecular flexibility index (Phi) is 8.29. The molecule has 0 fully saturated rings. The maximum Gasteiger partial charge on any atom is 0.326 e. The van der Waals surface area contributed by atoms with Crippen LogP contribution in [0.25, 0.3) is 0 Å². The number of ether oxygens (including phenoxy) is 1. The lowest BCUT2D eigenvalue weighted by molar-refractivity contribution is -0.140. The Bertz CT molecular complexity index is 295. The lowest BCUT2D eigenvalue weighted by atomic mass is 10.2. The quantitative estimate of drug-likeness (QED) is 0.397. The normalized spacial score (nSPS) is 11.6. The zero-order valence-electron chi connectivity index (χ0n) is 10.3. The lowest BCUT2D eigenvalue weighted by Gasteiger charge is -2.13. The van der Waals surface area contributed by atoms with Gasteiger partial charge in [-0.05, 0) is 12.8 Å². The Morgan fingerprint density at radius 3 is 2.50 bits per heavy atom. The SMILES string of the molecule is COCCCCNC(=O)N[C@@H](CC(N)=O)C(=O)O. The van der Waals surface area contributed by atoms with Crippen molar-refractivity contribution in [2.75, 3.05) is 20.3 Å². The van der Waals surface area contributed by atoms with Crippen LogP contribution >= 0.6 is 0 Å². The van der Waals surface area contributed by atoms with Crippen molar-refractivity contribution in [1.82, 2.24) is 10.6 Å². The van der Waals surface area contributed by atoms with Gasteiger partial charge in [-0.2, -0.15) is 0 Å². The molecular formula is C10H19N3O5. The Balaban J connectivity index is 3.88. The third kappa shape index (κ3) is 8.34. The van der Waals surface area contributed by atoms with Gasteiger partial charge >= 0.3 is 12.0 Å². The van der Waals surface area contributed by atoms with Gasteiger partial charge < -0.3 is 26.2 Å². The van der Waals surface area contributed by atoms with Crippen LogP contribution in [0.15, 0.2) is 0 Å². The molecule has 8 nitrogen and oxygen atoms in total. The van der Waals surface area contributed by atoms with Crippen molar-refractivity contribution in [2.24, 2.45) is 5.73 Å². The van der Waals surface area contributed by atoms with E-state index in [1.807, 2.05) is 0 Å². The van der Waals surface area contributed by atoms with Gasteiger partial charge in [0.15, 0.2) is 0 Å². The fourth-order valence-corrected chi connectivity index (χ4v) is 1.18. The lowest BCUT2D eigenvalue weighted by Crippen LogP contribution is -2.47. The fraction of sp³-hybridized carbons (Fsp3) is 0.700. The van der Waals surface area contributed by atoms with Crippen molar-refractivity contribution in [3.8, 4) is 0 Å². The summed E-state index contributed by atoms with van der Waals surface area (Å²) in [6.45, 7) is 1.00. The van der Waals surface area contributed by atoms with E-state index >= 15 is 0 Å². The Morgan fingerprint density at radius 1 is 1.33 bits per heavy atom. The summed E-state index contributed by atoms with van der Waals surface area (Å²) >= 11 is 0. The summed E-state index contributed by atoms with van der Waals surface area (Å²) in [5.74, 6) is -2.09. The Morgan fingerprint density at radius 2 is 2.00 bits per heavy atom. The van der Waals surface area contributed by atoms with Gasteiger partial charge in [0.2, 0.25) is 5.91 Å². The molecule has 18 heavy (non-hydrogen) atoms. The van der Waals surface area contributed by atoms with E-state index in [1.54, 1.807) is 7.11 Å². The maximum atomic E-state index is 11.3. The molecule has 1 atom stereocenters. The van der Waals surface area contributed by atoms with Crippen LogP contribution in [-0.2, 0) is 14.3 Å². The number of aliphatic carboxylic acids is 1. The Hall–Kier alpha value is -1.83. The van der Waals surface area contributed by atoms with E-state index in [-0.39, 0.29) is 0 Å². The molecule has 0 saturated carbocycles. The monoisotopic (exact) mass is 261 g/mol. The van der Waals surface area contributed by atoms with Gasteiger partial charge in [0.1, 0.15) is 6.04 Å². The zero-order chi connectivity index (χ0) is 14.0. The molecule has 5 N–H and O–H groups in total. The summed E-state index contributed by atoms with van der Waals surface area (Å²) in [5, 5.41) is 13.4. The molecular weight excluding hydrogens is 242 g/mol.